The molecule has 1 aliphatic rings. The van der Waals surface area contributed by atoms with Crippen molar-refractivity contribution >= 4 is 11.8 Å². The zero-order valence-electron chi connectivity index (χ0n) is 16.9. The van der Waals surface area contributed by atoms with Gasteiger partial charge in [0.25, 0.3) is 5.91 Å². The van der Waals surface area contributed by atoms with E-state index >= 15 is 0 Å². The lowest BCUT2D eigenvalue weighted by atomic mass is 9.92. The van der Waals surface area contributed by atoms with E-state index in [-0.39, 0.29) is 17.9 Å². The van der Waals surface area contributed by atoms with Gasteiger partial charge in [0.2, 0.25) is 5.91 Å². The Labute approximate surface area is 166 Å². The number of nitrogens with one attached hydrogen (secondary N) is 1. The first-order valence-electron chi connectivity index (χ1n) is 10.1. The van der Waals surface area contributed by atoms with Crippen LogP contribution >= 0.6 is 0 Å². The largest absolute Gasteiger partial charge is 0.361 e. The van der Waals surface area contributed by atoms with Crippen molar-refractivity contribution in [1.29, 1.82) is 0 Å². The highest BCUT2D eigenvalue weighted by Gasteiger charge is 2.29. The van der Waals surface area contributed by atoms with Crippen molar-refractivity contribution in [2.24, 2.45) is 5.92 Å². The fourth-order valence-electron chi connectivity index (χ4n) is 3.82. The van der Waals surface area contributed by atoms with E-state index in [2.05, 4.69) is 10.5 Å². The number of benzene rings is 1. The molecule has 3 rings (SSSR count). The number of nitrogens with zero attached hydrogens (tertiary/aromatic N) is 2. The number of hydrogen-bond donors (Lipinski definition) is 1. The summed E-state index contributed by atoms with van der Waals surface area (Å²) in [7, 11) is 0. The van der Waals surface area contributed by atoms with E-state index in [4.69, 9.17) is 4.52 Å². The minimum Gasteiger partial charge on any atom is -0.361 e. The molecule has 0 radical (unpaired) electrons. The lowest BCUT2D eigenvalue weighted by Gasteiger charge is -2.32. The first-order chi connectivity index (χ1) is 13.5. The fourth-order valence-corrected chi connectivity index (χ4v) is 3.82. The number of aromatic nitrogens is 1. The molecule has 1 aromatic carbocycles. The molecule has 28 heavy (non-hydrogen) atoms. The van der Waals surface area contributed by atoms with Crippen LogP contribution in [0, 0.1) is 12.8 Å². The van der Waals surface area contributed by atoms with Crippen LogP contribution in [0.15, 0.2) is 34.9 Å². The molecular weight excluding hydrogens is 354 g/mol. The first kappa shape index (κ1) is 20.1. The summed E-state index contributed by atoms with van der Waals surface area (Å²) < 4.78 is 5.20. The van der Waals surface area contributed by atoms with Crippen LogP contribution in [0.5, 0.6) is 0 Å². The first-order valence-corrected chi connectivity index (χ1v) is 10.1. The summed E-state index contributed by atoms with van der Waals surface area (Å²) in [5, 5.41) is 7.06. The lowest BCUT2D eigenvalue weighted by Crippen LogP contribution is -2.40. The van der Waals surface area contributed by atoms with Crippen molar-refractivity contribution in [2.75, 3.05) is 13.1 Å². The maximum absolute atomic E-state index is 12.8. The van der Waals surface area contributed by atoms with Crippen molar-refractivity contribution in [2.45, 2.75) is 52.5 Å². The fraction of sp³-hybridized carbons (Fsp3) is 0.500. The molecule has 150 valence electrons. The van der Waals surface area contributed by atoms with E-state index in [1.54, 1.807) is 6.92 Å². The Kier molecular flexibility index (Phi) is 6.49. The zero-order chi connectivity index (χ0) is 20.1. The molecule has 1 saturated heterocycles. The average molecular weight is 383 g/mol. The number of carbonyl (C=O) groups excluding carboxylic acids is 2. The minimum absolute atomic E-state index is 0.000558. The minimum atomic E-state index is -0.00352. The predicted octanol–water partition coefficient (Wildman–Crippen LogP) is 3.67. The van der Waals surface area contributed by atoms with Crippen LogP contribution < -0.4 is 5.32 Å². The van der Waals surface area contributed by atoms with Crippen molar-refractivity contribution < 1.29 is 14.1 Å². The summed E-state index contributed by atoms with van der Waals surface area (Å²) >= 11 is 0. The van der Waals surface area contributed by atoms with Gasteiger partial charge in [-0.15, -0.1) is 0 Å². The Morgan fingerprint density at radius 1 is 1.25 bits per heavy atom. The molecule has 2 amide bonds. The van der Waals surface area contributed by atoms with Crippen LogP contribution in [0.4, 0.5) is 0 Å². The van der Waals surface area contributed by atoms with E-state index in [9.17, 15) is 9.59 Å². The number of likely N-dealkylation sites (tertiary alicyclic amines) is 1. The van der Waals surface area contributed by atoms with Gasteiger partial charge in [-0.3, -0.25) is 9.59 Å². The summed E-state index contributed by atoms with van der Waals surface area (Å²) in [5.74, 6) is 0.958. The van der Waals surface area contributed by atoms with Gasteiger partial charge < -0.3 is 14.7 Å². The maximum atomic E-state index is 12.8. The van der Waals surface area contributed by atoms with Crippen LogP contribution in [-0.4, -0.2) is 35.0 Å². The molecule has 0 bridgehead atoms. The molecule has 0 spiro atoms. The lowest BCUT2D eigenvalue weighted by molar-refractivity contribution is -0.122. The van der Waals surface area contributed by atoms with Crippen LogP contribution in [0.25, 0.3) is 0 Å². The van der Waals surface area contributed by atoms with Crippen LogP contribution in [0.2, 0.25) is 0 Å². The molecule has 1 fully saturated rings. The molecule has 6 heteroatoms. The Bertz CT molecular complexity index is 808. The van der Waals surface area contributed by atoms with Crippen molar-refractivity contribution in [1.82, 2.24) is 15.4 Å². The second kappa shape index (κ2) is 9.04. The zero-order valence-corrected chi connectivity index (χ0v) is 16.9. The number of piperidine rings is 1. The third-order valence-corrected chi connectivity index (χ3v) is 5.54. The third-order valence-electron chi connectivity index (χ3n) is 5.54. The number of carbonyl (C=O) groups is 2. The molecule has 0 saturated carbocycles. The molecule has 2 heterocycles. The molecule has 1 aromatic heterocycles. The molecule has 6 nitrogen and oxygen atoms in total. The highest BCUT2D eigenvalue weighted by atomic mass is 16.5. The Morgan fingerprint density at radius 2 is 1.93 bits per heavy atom. The van der Waals surface area contributed by atoms with Crippen LogP contribution in [-0.2, 0) is 11.2 Å². The van der Waals surface area contributed by atoms with Gasteiger partial charge in [-0.1, -0.05) is 42.4 Å². The monoisotopic (exact) mass is 383 g/mol. The van der Waals surface area contributed by atoms with Crippen molar-refractivity contribution in [3.05, 3.63) is 52.9 Å². The normalized spacial score (nSPS) is 16.0. The number of rotatable bonds is 6. The maximum Gasteiger partial charge on any atom is 0.259 e. The van der Waals surface area contributed by atoms with Gasteiger partial charge in [0.1, 0.15) is 11.3 Å². The highest BCUT2D eigenvalue weighted by Crippen LogP contribution is 2.24. The Hall–Kier alpha value is -2.63. The molecule has 2 aromatic rings. The van der Waals surface area contributed by atoms with Crippen LogP contribution in [0.1, 0.15) is 66.5 Å². The van der Waals surface area contributed by atoms with Gasteiger partial charge in [-0.2, -0.15) is 0 Å². The Morgan fingerprint density at radius 3 is 2.57 bits per heavy atom. The van der Waals surface area contributed by atoms with Gasteiger partial charge in [0.15, 0.2) is 0 Å². The average Bonchev–Trinajstić information content (AvgIpc) is 3.09. The quantitative estimate of drug-likeness (QED) is 0.826. The molecule has 1 atom stereocenters. The van der Waals surface area contributed by atoms with E-state index in [0.717, 1.165) is 24.1 Å². The topological polar surface area (TPSA) is 75.4 Å². The Balaban J connectivity index is 1.49. The summed E-state index contributed by atoms with van der Waals surface area (Å²) in [4.78, 5) is 27.1. The van der Waals surface area contributed by atoms with Gasteiger partial charge in [-0.05, 0) is 44.6 Å². The molecule has 1 aliphatic heterocycles. The number of amides is 2. The number of aryl methyl sites for hydroxylation is 2. The summed E-state index contributed by atoms with van der Waals surface area (Å²) in [6.07, 6.45) is 2.86. The standard InChI is InChI=1S/C22H29N3O3/c1-4-19-21(16(3)28-24-19)22(27)25-12-10-17(11-13-25)14-20(26)23-15(2)18-8-6-5-7-9-18/h5-9,15,17H,4,10-14H2,1-3H3,(H,23,26)/t15-/m0/s1. The van der Waals surface area contributed by atoms with E-state index in [1.807, 2.05) is 49.1 Å². The SMILES string of the molecule is CCc1noc(C)c1C(=O)N1CCC(CC(=O)N[C@@H](C)c2ccccc2)CC1. The summed E-state index contributed by atoms with van der Waals surface area (Å²) in [6, 6.07) is 9.97. The van der Waals surface area contributed by atoms with Crippen molar-refractivity contribution in [3.63, 3.8) is 0 Å². The summed E-state index contributed by atoms with van der Waals surface area (Å²) in [6.45, 7) is 7.08. The summed E-state index contributed by atoms with van der Waals surface area (Å²) in [5.41, 5.74) is 2.43. The van der Waals surface area contributed by atoms with Crippen LogP contribution in [0.3, 0.4) is 0 Å². The smallest absolute Gasteiger partial charge is 0.259 e. The van der Waals surface area contributed by atoms with Gasteiger partial charge in [0, 0.05) is 19.5 Å². The van der Waals surface area contributed by atoms with E-state index < -0.39 is 0 Å². The molecular formula is C22H29N3O3. The van der Waals surface area contributed by atoms with E-state index in [0.29, 0.717) is 43.2 Å². The second-order valence-electron chi connectivity index (χ2n) is 7.55. The van der Waals surface area contributed by atoms with Gasteiger partial charge >= 0.3 is 0 Å². The van der Waals surface area contributed by atoms with Crippen molar-refractivity contribution in [3.8, 4) is 0 Å². The molecule has 0 aliphatic carbocycles. The number of hydrogen-bond acceptors (Lipinski definition) is 4. The van der Waals surface area contributed by atoms with E-state index in [1.165, 1.54) is 0 Å². The highest BCUT2D eigenvalue weighted by molar-refractivity contribution is 5.96. The van der Waals surface area contributed by atoms with Gasteiger partial charge in [-0.25, -0.2) is 0 Å². The second-order valence-corrected chi connectivity index (χ2v) is 7.55. The van der Waals surface area contributed by atoms with Gasteiger partial charge in [0.05, 0.1) is 11.7 Å². The predicted molar refractivity (Wildman–Crippen MR) is 107 cm³/mol. The third kappa shape index (κ3) is 4.61. The molecule has 1 N–H and O–H groups in total. The molecule has 0 unspecified atom stereocenters.